The van der Waals surface area contributed by atoms with Crippen molar-refractivity contribution in [1.82, 2.24) is 0 Å². The summed E-state index contributed by atoms with van der Waals surface area (Å²) in [5.74, 6) is 0.569. The molecule has 0 radical (unpaired) electrons. The molecule has 2 unspecified atom stereocenters. The molecule has 0 aliphatic heterocycles. The molecule has 2 saturated carbocycles. The van der Waals surface area contributed by atoms with E-state index in [2.05, 4.69) is 12.6 Å². The van der Waals surface area contributed by atoms with Gasteiger partial charge >= 0.3 is 0 Å². The minimum atomic E-state index is -0.720. The number of aliphatic hydroxyl groups is 2. The summed E-state index contributed by atoms with van der Waals surface area (Å²) < 4.78 is 0.946. The predicted octanol–water partition coefficient (Wildman–Crippen LogP) is 2.41. The Balaban J connectivity index is 1.90. The Morgan fingerprint density at radius 1 is 1.31 bits per heavy atom. The second-order valence-electron chi connectivity index (χ2n) is 5.20. The summed E-state index contributed by atoms with van der Waals surface area (Å²) in [6.07, 6.45) is 3.34. The lowest BCUT2D eigenvalue weighted by molar-refractivity contribution is -0.0756. The number of thiol groups is 1. The van der Waals surface area contributed by atoms with Crippen LogP contribution in [0.5, 0.6) is 0 Å². The summed E-state index contributed by atoms with van der Waals surface area (Å²) in [6, 6.07) is 1.96. The Morgan fingerprint density at radius 2 is 1.94 bits per heavy atom. The lowest BCUT2D eigenvalue weighted by atomic mass is 9.73. The van der Waals surface area contributed by atoms with Crippen molar-refractivity contribution < 1.29 is 10.2 Å². The molecule has 0 amide bonds. The van der Waals surface area contributed by atoms with E-state index in [0.29, 0.717) is 12.8 Å². The molecule has 2 N–H and O–H groups in total. The van der Waals surface area contributed by atoms with Gasteiger partial charge in [0.05, 0.1) is 15.9 Å². The van der Waals surface area contributed by atoms with Crippen molar-refractivity contribution in [2.45, 2.75) is 41.6 Å². The average Bonchev–Trinajstić information content (AvgIpc) is 2.73. The van der Waals surface area contributed by atoms with Crippen LogP contribution in [-0.2, 0) is 5.60 Å². The predicted molar refractivity (Wildman–Crippen MR) is 66.9 cm³/mol. The van der Waals surface area contributed by atoms with Gasteiger partial charge in [-0.3, -0.25) is 0 Å². The molecule has 0 saturated heterocycles. The van der Waals surface area contributed by atoms with Crippen molar-refractivity contribution in [2.24, 2.45) is 11.8 Å². The molecule has 0 spiro atoms. The zero-order valence-corrected chi connectivity index (χ0v) is 10.7. The normalized spacial score (nSPS) is 42.6. The van der Waals surface area contributed by atoms with Gasteiger partial charge in [0.25, 0.3) is 0 Å². The van der Waals surface area contributed by atoms with E-state index in [0.717, 1.165) is 22.6 Å². The molecule has 2 aliphatic carbocycles. The van der Waals surface area contributed by atoms with Gasteiger partial charge in [-0.25, -0.2) is 0 Å². The SMILES string of the molecule is OC1C2CCC1CC(O)(c1csc(S)c1)C2. The van der Waals surface area contributed by atoms with E-state index in [1.165, 1.54) is 0 Å². The van der Waals surface area contributed by atoms with Gasteiger partial charge in [-0.05, 0) is 54.5 Å². The third kappa shape index (κ3) is 1.63. The van der Waals surface area contributed by atoms with E-state index in [1.54, 1.807) is 11.3 Å². The maximum atomic E-state index is 10.7. The minimum absolute atomic E-state index is 0.186. The van der Waals surface area contributed by atoms with Crippen LogP contribution in [0.1, 0.15) is 31.2 Å². The van der Waals surface area contributed by atoms with Gasteiger partial charge in [0.15, 0.2) is 0 Å². The Hall–Kier alpha value is -0.0300. The fourth-order valence-electron chi connectivity index (χ4n) is 3.36. The number of fused-ring (bicyclic) bond motifs is 2. The van der Waals surface area contributed by atoms with E-state index in [9.17, 15) is 10.2 Å². The number of thiophene rings is 1. The molecule has 2 bridgehead atoms. The average molecular weight is 256 g/mol. The number of hydrogen-bond donors (Lipinski definition) is 3. The fraction of sp³-hybridized carbons (Fsp3) is 0.667. The van der Waals surface area contributed by atoms with Crippen LogP contribution in [0.3, 0.4) is 0 Å². The second kappa shape index (κ2) is 3.73. The summed E-state index contributed by atoms with van der Waals surface area (Å²) in [5, 5.41) is 22.7. The second-order valence-corrected chi connectivity index (χ2v) is 6.90. The molecule has 1 aromatic rings. The summed E-state index contributed by atoms with van der Waals surface area (Å²) in [5.41, 5.74) is 0.272. The standard InChI is InChI=1S/C12H16O2S2/c13-11-7-1-2-8(11)5-12(14,4-7)9-3-10(15)16-6-9/h3,6-8,11,13-15H,1-2,4-5H2. The molecule has 2 atom stereocenters. The van der Waals surface area contributed by atoms with Crippen LogP contribution in [0, 0.1) is 11.8 Å². The molecule has 3 rings (SSSR count). The summed E-state index contributed by atoms with van der Waals surface area (Å²) in [4.78, 5) is 0. The molecule has 2 aliphatic rings. The van der Waals surface area contributed by atoms with Crippen LogP contribution in [0.25, 0.3) is 0 Å². The molecule has 88 valence electrons. The Morgan fingerprint density at radius 3 is 2.44 bits per heavy atom. The minimum Gasteiger partial charge on any atom is -0.393 e. The van der Waals surface area contributed by atoms with Crippen molar-refractivity contribution in [3.63, 3.8) is 0 Å². The van der Waals surface area contributed by atoms with E-state index in [-0.39, 0.29) is 17.9 Å². The first-order chi connectivity index (χ1) is 7.58. The fourth-order valence-corrected chi connectivity index (χ4v) is 4.38. The van der Waals surface area contributed by atoms with Crippen LogP contribution < -0.4 is 0 Å². The molecule has 4 heteroatoms. The van der Waals surface area contributed by atoms with Gasteiger partial charge in [0, 0.05) is 0 Å². The van der Waals surface area contributed by atoms with Crippen LogP contribution in [0.15, 0.2) is 15.7 Å². The lowest BCUT2D eigenvalue weighted by Crippen LogP contribution is -2.40. The lowest BCUT2D eigenvalue weighted by Gasteiger charge is -2.39. The zero-order valence-electron chi connectivity index (χ0n) is 8.97. The van der Waals surface area contributed by atoms with Gasteiger partial charge < -0.3 is 10.2 Å². The Bertz CT molecular complexity index is 387. The van der Waals surface area contributed by atoms with Gasteiger partial charge in [0.2, 0.25) is 0 Å². The molecule has 0 aromatic carbocycles. The third-order valence-electron chi connectivity index (χ3n) is 4.20. The smallest absolute Gasteiger partial charge is 0.0912 e. The van der Waals surface area contributed by atoms with Crippen LogP contribution in [0.4, 0.5) is 0 Å². The first-order valence-electron chi connectivity index (χ1n) is 5.77. The molecule has 2 fully saturated rings. The highest BCUT2D eigenvalue weighted by Gasteiger charge is 2.49. The zero-order chi connectivity index (χ0) is 11.3. The third-order valence-corrected chi connectivity index (χ3v) is 5.37. The number of rotatable bonds is 1. The maximum absolute atomic E-state index is 10.7. The molecule has 2 nitrogen and oxygen atoms in total. The van der Waals surface area contributed by atoms with Crippen molar-refractivity contribution in [3.05, 3.63) is 17.0 Å². The van der Waals surface area contributed by atoms with Crippen LogP contribution in [0.2, 0.25) is 0 Å². The highest BCUT2D eigenvalue weighted by Crippen LogP contribution is 2.51. The summed E-state index contributed by atoms with van der Waals surface area (Å²) in [6.45, 7) is 0. The van der Waals surface area contributed by atoms with E-state index >= 15 is 0 Å². The molecule has 16 heavy (non-hydrogen) atoms. The van der Waals surface area contributed by atoms with Crippen molar-refractivity contribution in [2.75, 3.05) is 0 Å². The maximum Gasteiger partial charge on any atom is 0.0912 e. The van der Waals surface area contributed by atoms with Crippen molar-refractivity contribution >= 4 is 24.0 Å². The van der Waals surface area contributed by atoms with E-state index in [4.69, 9.17) is 0 Å². The molecule has 1 heterocycles. The number of aliphatic hydroxyl groups excluding tert-OH is 1. The van der Waals surface area contributed by atoms with Gasteiger partial charge in [-0.2, -0.15) is 0 Å². The Kier molecular flexibility index (Phi) is 2.59. The summed E-state index contributed by atoms with van der Waals surface area (Å²) >= 11 is 5.86. The van der Waals surface area contributed by atoms with Gasteiger partial charge in [0.1, 0.15) is 0 Å². The molecular formula is C12H16O2S2. The first kappa shape index (κ1) is 11.1. The van der Waals surface area contributed by atoms with Gasteiger partial charge in [-0.15, -0.1) is 24.0 Å². The largest absolute Gasteiger partial charge is 0.393 e. The van der Waals surface area contributed by atoms with Crippen LogP contribution >= 0.6 is 24.0 Å². The van der Waals surface area contributed by atoms with Gasteiger partial charge in [-0.1, -0.05) is 0 Å². The molecular weight excluding hydrogens is 240 g/mol. The highest BCUT2D eigenvalue weighted by atomic mass is 32.2. The topological polar surface area (TPSA) is 40.5 Å². The highest BCUT2D eigenvalue weighted by molar-refractivity contribution is 7.82. The Labute approximate surface area is 105 Å². The van der Waals surface area contributed by atoms with Crippen molar-refractivity contribution in [1.29, 1.82) is 0 Å². The van der Waals surface area contributed by atoms with E-state index < -0.39 is 5.60 Å². The molecule has 1 aromatic heterocycles. The quantitative estimate of drug-likeness (QED) is 0.675. The van der Waals surface area contributed by atoms with Crippen LogP contribution in [-0.4, -0.2) is 16.3 Å². The van der Waals surface area contributed by atoms with E-state index in [1.807, 2.05) is 11.4 Å². The summed E-state index contributed by atoms with van der Waals surface area (Å²) in [7, 11) is 0. The monoisotopic (exact) mass is 256 g/mol. The van der Waals surface area contributed by atoms with Crippen molar-refractivity contribution in [3.8, 4) is 0 Å². The first-order valence-corrected chi connectivity index (χ1v) is 7.09. The number of hydrogen-bond acceptors (Lipinski definition) is 4.